The molecular formula is C14H20IN3O2. The van der Waals surface area contributed by atoms with E-state index in [9.17, 15) is 10.1 Å². The highest BCUT2D eigenvalue weighted by molar-refractivity contribution is 14.1. The van der Waals surface area contributed by atoms with Crippen molar-refractivity contribution in [1.82, 2.24) is 5.32 Å². The van der Waals surface area contributed by atoms with Crippen molar-refractivity contribution in [1.29, 1.82) is 0 Å². The summed E-state index contributed by atoms with van der Waals surface area (Å²) in [5.41, 5.74) is 0.986. The first-order valence-corrected chi connectivity index (χ1v) is 8.09. The molecule has 0 bridgehead atoms. The first-order valence-electron chi connectivity index (χ1n) is 7.01. The van der Waals surface area contributed by atoms with E-state index < -0.39 is 0 Å². The molecule has 0 spiro atoms. The molecule has 1 aliphatic rings. The fourth-order valence-corrected chi connectivity index (χ4v) is 3.11. The molecule has 0 aromatic heterocycles. The normalized spacial score (nSPS) is 16.4. The lowest BCUT2D eigenvalue weighted by molar-refractivity contribution is -0.384. The third kappa shape index (κ3) is 3.82. The second kappa shape index (κ2) is 7.21. The summed E-state index contributed by atoms with van der Waals surface area (Å²) in [6, 6.07) is 5.47. The third-order valence-corrected chi connectivity index (χ3v) is 4.44. The molecule has 1 aliphatic heterocycles. The van der Waals surface area contributed by atoms with Crippen molar-refractivity contribution in [3.63, 3.8) is 0 Å². The number of benzene rings is 1. The SMILES string of the molecule is CCNCC1CCN(c2ccc(I)cc2[N+](=O)[O-])CC1. The molecule has 1 saturated heterocycles. The van der Waals surface area contributed by atoms with Crippen LogP contribution in [0.4, 0.5) is 11.4 Å². The summed E-state index contributed by atoms with van der Waals surface area (Å²) in [5, 5.41) is 14.6. The van der Waals surface area contributed by atoms with Gasteiger partial charge in [0.1, 0.15) is 5.69 Å². The van der Waals surface area contributed by atoms with E-state index in [1.165, 1.54) is 0 Å². The van der Waals surface area contributed by atoms with Gasteiger partial charge >= 0.3 is 0 Å². The molecule has 20 heavy (non-hydrogen) atoms. The van der Waals surface area contributed by atoms with Crippen LogP contribution in [0.1, 0.15) is 19.8 Å². The molecule has 6 heteroatoms. The number of anilines is 1. The van der Waals surface area contributed by atoms with Gasteiger partial charge in [-0.05, 0) is 66.6 Å². The average molecular weight is 389 g/mol. The summed E-state index contributed by atoms with van der Waals surface area (Å²) in [6.45, 7) is 5.97. The van der Waals surface area contributed by atoms with Gasteiger partial charge in [0, 0.05) is 22.7 Å². The van der Waals surface area contributed by atoms with Crippen LogP contribution in [-0.2, 0) is 0 Å². The van der Waals surface area contributed by atoms with Crippen LogP contribution in [-0.4, -0.2) is 31.1 Å². The molecule has 1 aromatic carbocycles. The van der Waals surface area contributed by atoms with Gasteiger partial charge in [0.15, 0.2) is 0 Å². The molecule has 1 N–H and O–H groups in total. The Labute approximate surface area is 133 Å². The molecule has 0 saturated carbocycles. The van der Waals surface area contributed by atoms with Crippen molar-refractivity contribution in [2.45, 2.75) is 19.8 Å². The molecule has 2 rings (SSSR count). The van der Waals surface area contributed by atoms with E-state index in [4.69, 9.17) is 0 Å². The van der Waals surface area contributed by atoms with Gasteiger partial charge in [0.2, 0.25) is 0 Å². The lowest BCUT2D eigenvalue weighted by Gasteiger charge is -2.33. The third-order valence-electron chi connectivity index (χ3n) is 3.77. The zero-order valence-electron chi connectivity index (χ0n) is 11.6. The van der Waals surface area contributed by atoms with Crippen LogP contribution in [0.2, 0.25) is 0 Å². The topological polar surface area (TPSA) is 58.4 Å². The number of nitro benzene ring substituents is 1. The molecule has 110 valence electrons. The number of nitrogens with zero attached hydrogens (tertiary/aromatic N) is 2. The monoisotopic (exact) mass is 389 g/mol. The van der Waals surface area contributed by atoms with Crippen LogP contribution < -0.4 is 10.2 Å². The molecule has 1 fully saturated rings. The van der Waals surface area contributed by atoms with Crippen LogP contribution in [0.25, 0.3) is 0 Å². The predicted molar refractivity (Wildman–Crippen MR) is 89.3 cm³/mol. The number of hydrogen-bond donors (Lipinski definition) is 1. The highest BCUT2D eigenvalue weighted by Crippen LogP contribution is 2.32. The van der Waals surface area contributed by atoms with E-state index in [1.54, 1.807) is 6.07 Å². The maximum Gasteiger partial charge on any atom is 0.293 e. The van der Waals surface area contributed by atoms with Crippen LogP contribution in [0, 0.1) is 19.6 Å². The fourth-order valence-electron chi connectivity index (χ4n) is 2.64. The van der Waals surface area contributed by atoms with E-state index in [0.29, 0.717) is 5.92 Å². The van der Waals surface area contributed by atoms with Gasteiger partial charge in [-0.2, -0.15) is 0 Å². The summed E-state index contributed by atoms with van der Waals surface area (Å²) in [6.07, 6.45) is 2.19. The Bertz CT molecular complexity index is 473. The summed E-state index contributed by atoms with van der Waals surface area (Å²) in [5.74, 6) is 0.689. The molecule has 0 amide bonds. The van der Waals surface area contributed by atoms with Gasteiger partial charge in [0.05, 0.1) is 4.92 Å². The minimum Gasteiger partial charge on any atom is -0.366 e. The van der Waals surface area contributed by atoms with Crippen molar-refractivity contribution < 1.29 is 4.92 Å². The standard InChI is InChI=1S/C14H20IN3O2/c1-2-16-10-11-5-7-17(8-6-11)13-4-3-12(15)9-14(13)18(19)20/h3-4,9,11,16H,2,5-8,10H2,1H3. The Balaban J connectivity index is 2.05. The van der Waals surface area contributed by atoms with Crippen molar-refractivity contribution >= 4 is 34.0 Å². The van der Waals surface area contributed by atoms with Gasteiger partial charge in [-0.25, -0.2) is 0 Å². The van der Waals surface area contributed by atoms with Crippen LogP contribution >= 0.6 is 22.6 Å². The van der Waals surface area contributed by atoms with Crippen molar-refractivity contribution in [3.8, 4) is 0 Å². The Kier molecular flexibility index (Phi) is 5.59. The first kappa shape index (κ1) is 15.5. The number of halogens is 1. The Morgan fingerprint density at radius 3 is 2.75 bits per heavy atom. The number of rotatable bonds is 5. The zero-order valence-corrected chi connectivity index (χ0v) is 13.8. The van der Waals surface area contributed by atoms with Crippen molar-refractivity contribution in [3.05, 3.63) is 31.9 Å². The molecular weight excluding hydrogens is 369 g/mol. The van der Waals surface area contributed by atoms with Gasteiger partial charge in [-0.3, -0.25) is 10.1 Å². The van der Waals surface area contributed by atoms with Gasteiger partial charge in [0.25, 0.3) is 5.69 Å². The molecule has 0 unspecified atom stereocenters. The second-order valence-corrected chi connectivity index (χ2v) is 6.37. The largest absolute Gasteiger partial charge is 0.366 e. The number of hydrogen-bond acceptors (Lipinski definition) is 4. The van der Waals surface area contributed by atoms with E-state index in [-0.39, 0.29) is 10.6 Å². The lowest BCUT2D eigenvalue weighted by atomic mass is 9.96. The van der Waals surface area contributed by atoms with E-state index in [0.717, 1.165) is 48.3 Å². The fraction of sp³-hybridized carbons (Fsp3) is 0.571. The second-order valence-electron chi connectivity index (χ2n) is 5.13. The molecule has 5 nitrogen and oxygen atoms in total. The Morgan fingerprint density at radius 1 is 1.45 bits per heavy atom. The van der Waals surface area contributed by atoms with E-state index >= 15 is 0 Å². The number of nitro groups is 1. The smallest absolute Gasteiger partial charge is 0.293 e. The minimum absolute atomic E-state index is 0.224. The number of piperidine rings is 1. The van der Waals surface area contributed by atoms with Gasteiger partial charge in [-0.1, -0.05) is 6.92 Å². The van der Waals surface area contributed by atoms with Crippen molar-refractivity contribution in [2.75, 3.05) is 31.1 Å². The summed E-state index contributed by atoms with van der Waals surface area (Å²) < 4.78 is 0.903. The molecule has 0 aliphatic carbocycles. The first-order chi connectivity index (χ1) is 9.61. The van der Waals surface area contributed by atoms with E-state index in [2.05, 4.69) is 39.7 Å². The average Bonchev–Trinajstić information content (AvgIpc) is 2.45. The Morgan fingerprint density at radius 2 is 2.15 bits per heavy atom. The molecule has 1 heterocycles. The molecule has 0 radical (unpaired) electrons. The van der Waals surface area contributed by atoms with Gasteiger partial charge < -0.3 is 10.2 Å². The van der Waals surface area contributed by atoms with Gasteiger partial charge in [-0.15, -0.1) is 0 Å². The number of nitrogens with one attached hydrogen (secondary N) is 1. The van der Waals surface area contributed by atoms with Crippen LogP contribution in [0.15, 0.2) is 18.2 Å². The highest BCUT2D eigenvalue weighted by atomic mass is 127. The zero-order chi connectivity index (χ0) is 14.5. The summed E-state index contributed by atoms with van der Waals surface area (Å²) in [4.78, 5) is 13.1. The lowest BCUT2D eigenvalue weighted by Crippen LogP contribution is -2.37. The predicted octanol–water partition coefficient (Wildman–Crippen LogP) is 3.03. The maximum atomic E-state index is 11.2. The summed E-state index contributed by atoms with van der Waals surface area (Å²) >= 11 is 2.11. The molecule has 1 aromatic rings. The maximum absolute atomic E-state index is 11.2. The quantitative estimate of drug-likeness (QED) is 0.478. The van der Waals surface area contributed by atoms with Crippen LogP contribution in [0.5, 0.6) is 0 Å². The summed E-state index contributed by atoms with van der Waals surface area (Å²) in [7, 11) is 0. The van der Waals surface area contributed by atoms with Crippen LogP contribution in [0.3, 0.4) is 0 Å². The highest BCUT2D eigenvalue weighted by Gasteiger charge is 2.24. The minimum atomic E-state index is -0.276. The Hall–Kier alpha value is -0.890. The van der Waals surface area contributed by atoms with E-state index in [1.807, 2.05) is 12.1 Å². The van der Waals surface area contributed by atoms with Crippen molar-refractivity contribution in [2.24, 2.45) is 5.92 Å². The molecule has 0 atom stereocenters.